The van der Waals surface area contributed by atoms with E-state index in [1.807, 2.05) is 0 Å². The summed E-state index contributed by atoms with van der Waals surface area (Å²) >= 11 is 0. The number of nitrogens with zero attached hydrogens (tertiary/aromatic N) is 1. The fourth-order valence-corrected chi connectivity index (χ4v) is 2.51. The Labute approximate surface area is 127 Å². The Balaban J connectivity index is 1.55. The molecule has 1 heterocycles. The van der Waals surface area contributed by atoms with E-state index in [1.165, 1.54) is 11.1 Å². The van der Waals surface area contributed by atoms with Crippen LogP contribution < -0.4 is 16.0 Å². The van der Waals surface area contributed by atoms with Crippen LogP contribution in [0, 0.1) is 6.92 Å². The molecule has 1 aromatic carbocycles. The molecule has 2 amide bonds. The van der Waals surface area contributed by atoms with Crippen molar-refractivity contribution >= 4 is 6.03 Å². The minimum Gasteiger partial charge on any atom is -0.338 e. The van der Waals surface area contributed by atoms with Gasteiger partial charge in [0, 0.05) is 45.8 Å². The van der Waals surface area contributed by atoms with Crippen LogP contribution in [0.2, 0.25) is 0 Å². The monoisotopic (exact) mass is 290 g/mol. The number of hydrogen-bond donors (Lipinski definition) is 3. The van der Waals surface area contributed by atoms with Crippen molar-refractivity contribution < 1.29 is 4.79 Å². The van der Waals surface area contributed by atoms with E-state index in [9.17, 15) is 4.79 Å². The SMILES string of the molecule is Cc1cccc(CCNC(=O)NCCN2CCNCC2)c1. The molecule has 21 heavy (non-hydrogen) atoms. The van der Waals surface area contributed by atoms with E-state index in [0.29, 0.717) is 13.1 Å². The van der Waals surface area contributed by atoms with Crippen LogP contribution in [0.5, 0.6) is 0 Å². The molecule has 1 aliphatic rings. The van der Waals surface area contributed by atoms with Crippen molar-refractivity contribution in [3.8, 4) is 0 Å². The maximum absolute atomic E-state index is 11.7. The summed E-state index contributed by atoms with van der Waals surface area (Å²) < 4.78 is 0. The first-order valence-corrected chi connectivity index (χ1v) is 7.74. The van der Waals surface area contributed by atoms with Crippen LogP contribution in [0.15, 0.2) is 24.3 Å². The van der Waals surface area contributed by atoms with Gasteiger partial charge in [0.1, 0.15) is 0 Å². The van der Waals surface area contributed by atoms with Gasteiger partial charge in [-0.3, -0.25) is 4.90 Å². The molecule has 0 bridgehead atoms. The molecule has 5 nitrogen and oxygen atoms in total. The summed E-state index contributed by atoms with van der Waals surface area (Å²) in [5, 5.41) is 9.14. The minimum atomic E-state index is -0.0715. The Morgan fingerprint density at radius 1 is 1.24 bits per heavy atom. The van der Waals surface area contributed by atoms with Gasteiger partial charge in [-0.2, -0.15) is 0 Å². The molecule has 5 heteroatoms. The molecule has 0 radical (unpaired) electrons. The van der Waals surface area contributed by atoms with Crippen molar-refractivity contribution in [3.05, 3.63) is 35.4 Å². The van der Waals surface area contributed by atoms with Crippen LogP contribution in [-0.2, 0) is 6.42 Å². The summed E-state index contributed by atoms with van der Waals surface area (Å²) in [6.07, 6.45) is 0.868. The van der Waals surface area contributed by atoms with E-state index in [4.69, 9.17) is 0 Å². The van der Waals surface area contributed by atoms with E-state index in [0.717, 1.165) is 39.1 Å². The molecule has 116 valence electrons. The number of carbonyl (C=O) groups excluding carboxylic acids is 1. The topological polar surface area (TPSA) is 56.4 Å². The first-order chi connectivity index (χ1) is 10.2. The van der Waals surface area contributed by atoms with Crippen LogP contribution in [-0.4, -0.2) is 56.7 Å². The van der Waals surface area contributed by atoms with Gasteiger partial charge in [-0.1, -0.05) is 29.8 Å². The predicted molar refractivity (Wildman–Crippen MR) is 85.6 cm³/mol. The molecule has 0 aromatic heterocycles. The summed E-state index contributed by atoms with van der Waals surface area (Å²) in [7, 11) is 0. The number of rotatable bonds is 6. The normalized spacial score (nSPS) is 15.7. The molecular weight excluding hydrogens is 264 g/mol. The van der Waals surface area contributed by atoms with Crippen LogP contribution in [0.4, 0.5) is 4.79 Å². The van der Waals surface area contributed by atoms with E-state index in [-0.39, 0.29) is 6.03 Å². The van der Waals surface area contributed by atoms with Gasteiger partial charge in [-0.15, -0.1) is 0 Å². The molecule has 1 fully saturated rings. The van der Waals surface area contributed by atoms with Crippen molar-refractivity contribution in [1.29, 1.82) is 0 Å². The second-order valence-electron chi connectivity index (χ2n) is 5.51. The second-order valence-corrected chi connectivity index (χ2v) is 5.51. The van der Waals surface area contributed by atoms with Crippen molar-refractivity contribution in [2.24, 2.45) is 0 Å². The van der Waals surface area contributed by atoms with Crippen molar-refractivity contribution in [3.63, 3.8) is 0 Å². The summed E-state index contributed by atoms with van der Waals surface area (Å²) in [5.74, 6) is 0. The average Bonchev–Trinajstić information content (AvgIpc) is 2.48. The lowest BCUT2D eigenvalue weighted by atomic mass is 10.1. The lowest BCUT2D eigenvalue weighted by Crippen LogP contribution is -2.47. The molecule has 0 saturated carbocycles. The Kier molecular flexibility index (Phi) is 6.50. The molecule has 0 unspecified atom stereocenters. The predicted octanol–water partition coefficient (Wildman–Crippen LogP) is 0.742. The maximum atomic E-state index is 11.7. The van der Waals surface area contributed by atoms with Crippen LogP contribution in [0.25, 0.3) is 0 Å². The molecule has 0 spiro atoms. The highest BCUT2D eigenvalue weighted by Crippen LogP contribution is 2.03. The highest BCUT2D eigenvalue weighted by atomic mass is 16.2. The number of urea groups is 1. The standard InChI is InChI=1S/C16H26N4O/c1-14-3-2-4-15(13-14)5-6-18-16(21)19-9-12-20-10-7-17-8-11-20/h2-4,13,17H,5-12H2,1H3,(H2,18,19,21). The third kappa shape index (κ3) is 6.14. The first kappa shape index (κ1) is 15.8. The van der Waals surface area contributed by atoms with Gasteiger partial charge in [0.2, 0.25) is 0 Å². The van der Waals surface area contributed by atoms with Gasteiger partial charge in [0.15, 0.2) is 0 Å². The Morgan fingerprint density at radius 3 is 2.76 bits per heavy atom. The number of aryl methyl sites for hydroxylation is 1. The third-order valence-electron chi connectivity index (χ3n) is 3.70. The van der Waals surface area contributed by atoms with Gasteiger partial charge in [0.05, 0.1) is 0 Å². The van der Waals surface area contributed by atoms with Gasteiger partial charge in [0.25, 0.3) is 0 Å². The number of hydrogen-bond acceptors (Lipinski definition) is 3. The zero-order valence-electron chi connectivity index (χ0n) is 12.8. The maximum Gasteiger partial charge on any atom is 0.314 e. The van der Waals surface area contributed by atoms with Crippen LogP contribution in [0.3, 0.4) is 0 Å². The molecule has 1 aliphatic heterocycles. The number of benzene rings is 1. The largest absolute Gasteiger partial charge is 0.338 e. The summed E-state index contributed by atoms with van der Waals surface area (Å²) in [4.78, 5) is 14.1. The summed E-state index contributed by atoms with van der Waals surface area (Å²) in [5.41, 5.74) is 2.52. The third-order valence-corrected chi connectivity index (χ3v) is 3.70. The smallest absolute Gasteiger partial charge is 0.314 e. The minimum absolute atomic E-state index is 0.0715. The molecule has 3 N–H and O–H groups in total. The van der Waals surface area contributed by atoms with E-state index in [1.54, 1.807) is 0 Å². The zero-order chi connectivity index (χ0) is 14.9. The summed E-state index contributed by atoms with van der Waals surface area (Å²) in [6.45, 7) is 8.60. The Bertz CT molecular complexity index is 444. The zero-order valence-corrected chi connectivity index (χ0v) is 12.8. The average molecular weight is 290 g/mol. The van der Waals surface area contributed by atoms with Crippen LogP contribution >= 0.6 is 0 Å². The van der Waals surface area contributed by atoms with Gasteiger partial charge < -0.3 is 16.0 Å². The van der Waals surface area contributed by atoms with E-state index >= 15 is 0 Å². The first-order valence-electron chi connectivity index (χ1n) is 7.74. The lowest BCUT2D eigenvalue weighted by molar-refractivity contribution is 0.227. The molecule has 0 atom stereocenters. The fraction of sp³-hybridized carbons (Fsp3) is 0.562. The van der Waals surface area contributed by atoms with Crippen molar-refractivity contribution in [1.82, 2.24) is 20.9 Å². The van der Waals surface area contributed by atoms with E-state index < -0.39 is 0 Å². The number of nitrogens with one attached hydrogen (secondary N) is 3. The Hall–Kier alpha value is -1.59. The van der Waals surface area contributed by atoms with Crippen molar-refractivity contribution in [2.75, 3.05) is 45.8 Å². The number of piperazine rings is 1. The lowest BCUT2D eigenvalue weighted by Gasteiger charge is -2.27. The second kappa shape index (κ2) is 8.64. The van der Waals surface area contributed by atoms with Crippen molar-refractivity contribution in [2.45, 2.75) is 13.3 Å². The number of carbonyl (C=O) groups is 1. The molecule has 1 saturated heterocycles. The fourth-order valence-electron chi connectivity index (χ4n) is 2.51. The highest BCUT2D eigenvalue weighted by molar-refractivity contribution is 5.73. The van der Waals surface area contributed by atoms with Gasteiger partial charge >= 0.3 is 6.03 Å². The molecule has 1 aromatic rings. The highest BCUT2D eigenvalue weighted by Gasteiger charge is 2.09. The van der Waals surface area contributed by atoms with Crippen LogP contribution in [0.1, 0.15) is 11.1 Å². The molecule has 0 aliphatic carbocycles. The quantitative estimate of drug-likeness (QED) is 0.724. The Morgan fingerprint density at radius 2 is 2.00 bits per heavy atom. The molecular formula is C16H26N4O. The van der Waals surface area contributed by atoms with Gasteiger partial charge in [-0.25, -0.2) is 4.79 Å². The molecule has 2 rings (SSSR count). The summed E-state index contributed by atoms with van der Waals surface area (Å²) in [6, 6.07) is 8.32. The van der Waals surface area contributed by atoms with Gasteiger partial charge in [-0.05, 0) is 18.9 Å². The van der Waals surface area contributed by atoms with E-state index in [2.05, 4.69) is 52.0 Å². The number of amides is 2.